The zero-order chi connectivity index (χ0) is 20.1. The molecule has 2 N–H and O–H groups in total. The van der Waals surface area contributed by atoms with Gasteiger partial charge in [0.25, 0.3) is 11.5 Å². The van der Waals surface area contributed by atoms with Gasteiger partial charge in [-0.05, 0) is 43.0 Å². The Morgan fingerprint density at radius 1 is 1.25 bits per heavy atom. The number of esters is 1. The van der Waals surface area contributed by atoms with Gasteiger partial charge in [0, 0.05) is 23.3 Å². The van der Waals surface area contributed by atoms with E-state index in [2.05, 4.69) is 15.3 Å². The highest BCUT2D eigenvalue weighted by Crippen LogP contribution is 2.30. The third-order valence-corrected chi connectivity index (χ3v) is 5.35. The summed E-state index contributed by atoms with van der Waals surface area (Å²) < 4.78 is 4.87. The van der Waals surface area contributed by atoms with Crippen molar-refractivity contribution in [3.05, 3.63) is 51.4 Å². The first-order chi connectivity index (χ1) is 13.5. The van der Waals surface area contributed by atoms with Crippen LogP contribution in [0, 0.1) is 11.8 Å². The number of aromatic nitrogens is 2. The summed E-state index contributed by atoms with van der Waals surface area (Å²) in [6.07, 6.45) is 4.83. The Kier molecular flexibility index (Phi) is 6.46. The molecular formula is C20H22ClN3O4. The van der Waals surface area contributed by atoms with Crippen molar-refractivity contribution in [2.24, 2.45) is 11.8 Å². The number of amides is 1. The number of hydrogen-bond donors (Lipinski definition) is 2. The van der Waals surface area contributed by atoms with Gasteiger partial charge >= 0.3 is 5.97 Å². The van der Waals surface area contributed by atoms with Crippen LogP contribution in [0.3, 0.4) is 0 Å². The molecule has 1 amide bonds. The van der Waals surface area contributed by atoms with Crippen LogP contribution >= 0.6 is 11.6 Å². The highest BCUT2D eigenvalue weighted by Gasteiger charge is 2.32. The Morgan fingerprint density at radius 2 is 1.96 bits per heavy atom. The van der Waals surface area contributed by atoms with Crippen LogP contribution in [0.2, 0.25) is 5.02 Å². The summed E-state index contributed by atoms with van der Waals surface area (Å²) in [5.41, 5.74) is 0.102. The van der Waals surface area contributed by atoms with Crippen molar-refractivity contribution in [2.45, 2.75) is 25.7 Å². The Labute approximate surface area is 167 Å². The molecule has 0 spiro atoms. The normalized spacial score (nSPS) is 19.1. The summed E-state index contributed by atoms with van der Waals surface area (Å²) >= 11 is 5.86. The number of nitrogens with zero attached hydrogens (tertiary/aromatic N) is 1. The number of halogens is 1. The number of benzene rings is 1. The third-order valence-electron chi connectivity index (χ3n) is 5.10. The van der Waals surface area contributed by atoms with E-state index in [0.29, 0.717) is 23.0 Å². The summed E-state index contributed by atoms with van der Waals surface area (Å²) in [4.78, 5) is 43.5. The van der Waals surface area contributed by atoms with Crippen LogP contribution in [0.25, 0.3) is 11.4 Å². The second kappa shape index (κ2) is 9.01. The van der Waals surface area contributed by atoms with Crippen molar-refractivity contribution in [1.29, 1.82) is 0 Å². The summed E-state index contributed by atoms with van der Waals surface area (Å²) in [7, 11) is 1.38. The van der Waals surface area contributed by atoms with E-state index in [4.69, 9.17) is 16.3 Å². The molecular weight excluding hydrogens is 382 g/mol. The van der Waals surface area contributed by atoms with Crippen LogP contribution in [0.1, 0.15) is 36.0 Å². The Hall–Kier alpha value is -2.67. The van der Waals surface area contributed by atoms with E-state index in [1.807, 2.05) is 0 Å². The smallest absolute Gasteiger partial charge is 0.309 e. The molecule has 1 aromatic carbocycles. The number of aromatic amines is 1. The lowest BCUT2D eigenvalue weighted by Crippen LogP contribution is -2.39. The van der Waals surface area contributed by atoms with Crippen molar-refractivity contribution in [1.82, 2.24) is 15.3 Å². The predicted molar refractivity (Wildman–Crippen MR) is 105 cm³/mol. The number of hydrogen-bond acceptors (Lipinski definition) is 5. The van der Waals surface area contributed by atoms with E-state index >= 15 is 0 Å². The molecule has 1 aliphatic carbocycles. The van der Waals surface area contributed by atoms with Gasteiger partial charge in [-0.2, -0.15) is 0 Å². The fourth-order valence-corrected chi connectivity index (χ4v) is 3.67. The van der Waals surface area contributed by atoms with Crippen LogP contribution in [0.5, 0.6) is 0 Å². The molecule has 1 aliphatic rings. The number of nitrogens with one attached hydrogen (secondary N) is 2. The van der Waals surface area contributed by atoms with Crippen LogP contribution in [0.4, 0.5) is 0 Å². The van der Waals surface area contributed by atoms with Crippen molar-refractivity contribution < 1.29 is 14.3 Å². The van der Waals surface area contributed by atoms with Crippen molar-refractivity contribution in [3.63, 3.8) is 0 Å². The Bertz CT molecular complexity index is 910. The largest absolute Gasteiger partial charge is 0.469 e. The maximum absolute atomic E-state index is 12.4. The first-order valence-electron chi connectivity index (χ1n) is 9.21. The predicted octanol–water partition coefficient (Wildman–Crippen LogP) is 2.80. The highest BCUT2D eigenvalue weighted by molar-refractivity contribution is 6.30. The maximum Gasteiger partial charge on any atom is 0.309 e. The average Bonchev–Trinajstić information content (AvgIpc) is 2.72. The number of rotatable bonds is 5. The first kappa shape index (κ1) is 20.1. The summed E-state index contributed by atoms with van der Waals surface area (Å²) in [6, 6.07) is 6.85. The van der Waals surface area contributed by atoms with Crippen molar-refractivity contribution >= 4 is 23.5 Å². The number of H-pyrrole nitrogens is 1. The van der Waals surface area contributed by atoms with E-state index in [9.17, 15) is 14.4 Å². The Morgan fingerprint density at radius 3 is 2.64 bits per heavy atom. The van der Waals surface area contributed by atoms with Gasteiger partial charge in [0.05, 0.1) is 13.0 Å². The molecule has 2 unspecified atom stereocenters. The number of carbonyl (C=O) groups excluding carboxylic acids is 2. The zero-order valence-corrected chi connectivity index (χ0v) is 16.3. The van der Waals surface area contributed by atoms with Gasteiger partial charge in [0.2, 0.25) is 0 Å². The van der Waals surface area contributed by atoms with Crippen molar-refractivity contribution in [3.8, 4) is 11.4 Å². The quantitative estimate of drug-likeness (QED) is 0.747. The minimum atomic E-state index is -0.523. The monoisotopic (exact) mass is 403 g/mol. The lowest BCUT2D eigenvalue weighted by atomic mass is 9.79. The van der Waals surface area contributed by atoms with Crippen LogP contribution in [-0.2, 0) is 9.53 Å². The fraction of sp³-hybridized carbons (Fsp3) is 0.400. The number of methoxy groups -OCH3 is 1. The molecule has 1 heterocycles. The van der Waals surface area contributed by atoms with Gasteiger partial charge in [-0.3, -0.25) is 14.4 Å². The summed E-state index contributed by atoms with van der Waals surface area (Å²) in [5.74, 6) is -0.610. The molecule has 148 valence electrons. The molecule has 8 heteroatoms. The molecule has 1 saturated carbocycles. The number of carbonyl (C=O) groups is 2. The van der Waals surface area contributed by atoms with Crippen molar-refractivity contribution in [2.75, 3.05) is 13.7 Å². The van der Waals surface area contributed by atoms with Gasteiger partial charge in [-0.25, -0.2) is 4.98 Å². The maximum atomic E-state index is 12.4. The van der Waals surface area contributed by atoms with E-state index in [-0.39, 0.29) is 23.4 Å². The lowest BCUT2D eigenvalue weighted by molar-refractivity contribution is -0.148. The van der Waals surface area contributed by atoms with Crippen LogP contribution in [-0.4, -0.2) is 35.5 Å². The van der Waals surface area contributed by atoms with Gasteiger partial charge < -0.3 is 15.0 Å². The number of ether oxygens (including phenoxy) is 1. The molecule has 28 heavy (non-hydrogen) atoms. The molecule has 0 saturated heterocycles. The molecule has 0 aliphatic heterocycles. The van der Waals surface area contributed by atoms with Gasteiger partial charge in [0.1, 0.15) is 11.4 Å². The minimum Gasteiger partial charge on any atom is -0.469 e. The molecule has 2 aromatic rings. The zero-order valence-electron chi connectivity index (χ0n) is 15.5. The van der Waals surface area contributed by atoms with Gasteiger partial charge in [0.15, 0.2) is 0 Å². The van der Waals surface area contributed by atoms with E-state index in [0.717, 1.165) is 25.7 Å². The third kappa shape index (κ3) is 4.59. The van der Waals surface area contributed by atoms with Gasteiger partial charge in [-0.15, -0.1) is 0 Å². The summed E-state index contributed by atoms with van der Waals surface area (Å²) in [6.45, 7) is 0.316. The Balaban J connectivity index is 1.68. The fourth-order valence-electron chi connectivity index (χ4n) is 3.54. The molecule has 7 nitrogen and oxygen atoms in total. The van der Waals surface area contributed by atoms with Crippen LogP contribution < -0.4 is 10.9 Å². The molecule has 1 aromatic heterocycles. The molecule has 2 atom stereocenters. The van der Waals surface area contributed by atoms with E-state index in [1.165, 1.54) is 13.3 Å². The summed E-state index contributed by atoms with van der Waals surface area (Å²) in [5, 5.41) is 3.34. The van der Waals surface area contributed by atoms with Crippen LogP contribution in [0.15, 0.2) is 35.3 Å². The first-order valence-corrected chi connectivity index (χ1v) is 9.58. The SMILES string of the molecule is COC(=O)C1CCCCC1CNC(=O)c1cnc(-c2ccc(Cl)cc2)[nH]c1=O. The standard InChI is InChI=1S/C20H22ClN3O4/c1-28-20(27)15-5-3-2-4-13(15)10-23-18(25)16-11-22-17(24-19(16)26)12-6-8-14(21)9-7-12/h6-9,11,13,15H,2-5,10H2,1H3,(H,23,25)(H,22,24,26). The molecule has 0 radical (unpaired) electrons. The molecule has 0 bridgehead atoms. The highest BCUT2D eigenvalue weighted by atomic mass is 35.5. The second-order valence-corrected chi connectivity index (χ2v) is 7.30. The molecule has 1 fully saturated rings. The topological polar surface area (TPSA) is 101 Å². The van der Waals surface area contributed by atoms with Gasteiger partial charge in [-0.1, -0.05) is 24.4 Å². The van der Waals surface area contributed by atoms with E-state index in [1.54, 1.807) is 24.3 Å². The van der Waals surface area contributed by atoms with E-state index < -0.39 is 11.5 Å². The average molecular weight is 404 g/mol. The minimum absolute atomic E-state index is 0.00512. The molecule has 3 rings (SSSR count). The lowest BCUT2D eigenvalue weighted by Gasteiger charge is -2.29. The second-order valence-electron chi connectivity index (χ2n) is 6.87.